The molecule has 0 amide bonds. The highest BCUT2D eigenvalue weighted by molar-refractivity contribution is 5.88. The molecule has 1 N–H and O–H groups in total. The predicted octanol–water partition coefficient (Wildman–Crippen LogP) is 3.69. The Labute approximate surface area is 112 Å². The number of aryl methyl sites for hydroxylation is 1. The summed E-state index contributed by atoms with van der Waals surface area (Å²) in [6, 6.07) is 8.00. The molecule has 1 aromatic carbocycles. The van der Waals surface area contributed by atoms with Gasteiger partial charge in [-0.1, -0.05) is 42.8 Å². The monoisotopic (exact) mass is 259 g/mol. The molecular weight excluding hydrogens is 242 g/mol. The van der Waals surface area contributed by atoms with Gasteiger partial charge in [0, 0.05) is 11.1 Å². The number of carboxylic acids is 1. The minimum atomic E-state index is -1.06. The smallest absolute Gasteiger partial charge is 0.358 e. The van der Waals surface area contributed by atoms with E-state index in [0.29, 0.717) is 11.3 Å². The first-order valence-corrected chi connectivity index (χ1v) is 6.42. The van der Waals surface area contributed by atoms with Gasteiger partial charge in [0.2, 0.25) is 0 Å². The number of rotatable bonds is 5. The lowest BCUT2D eigenvalue weighted by molar-refractivity contribution is 0.0685. The zero-order valence-corrected chi connectivity index (χ0v) is 11.1. The fourth-order valence-corrected chi connectivity index (χ4v) is 2.01. The van der Waals surface area contributed by atoms with Crippen molar-refractivity contribution in [1.82, 2.24) is 5.16 Å². The summed E-state index contributed by atoms with van der Waals surface area (Å²) < 4.78 is 5.13. The van der Waals surface area contributed by atoms with Crippen LogP contribution >= 0.6 is 0 Å². The lowest BCUT2D eigenvalue weighted by Gasteiger charge is -2.02. The van der Waals surface area contributed by atoms with Gasteiger partial charge in [-0.3, -0.25) is 0 Å². The molecule has 0 aliphatic carbocycles. The standard InChI is InChI=1S/C15H17NO3/c1-3-4-5-11-6-8-12(9-7-11)14-10(2)13(15(17)18)16-19-14/h6-9H,3-5H2,1-2H3,(H,17,18). The van der Waals surface area contributed by atoms with Gasteiger partial charge in [-0.2, -0.15) is 0 Å². The number of benzene rings is 1. The molecule has 0 saturated heterocycles. The Morgan fingerprint density at radius 3 is 2.53 bits per heavy atom. The normalized spacial score (nSPS) is 10.6. The molecule has 0 atom stereocenters. The van der Waals surface area contributed by atoms with Crippen LogP contribution in [0.3, 0.4) is 0 Å². The van der Waals surface area contributed by atoms with Gasteiger partial charge in [0.25, 0.3) is 0 Å². The van der Waals surface area contributed by atoms with Crippen molar-refractivity contribution >= 4 is 5.97 Å². The third-order valence-corrected chi connectivity index (χ3v) is 3.16. The summed E-state index contributed by atoms with van der Waals surface area (Å²) in [5.41, 5.74) is 2.68. The SMILES string of the molecule is CCCCc1ccc(-c2onc(C(=O)O)c2C)cc1. The van der Waals surface area contributed by atoms with Gasteiger partial charge in [0.1, 0.15) is 0 Å². The zero-order chi connectivity index (χ0) is 13.8. The van der Waals surface area contributed by atoms with Gasteiger partial charge < -0.3 is 9.63 Å². The zero-order valence-electron chi connectivity index (χ0n) is 11.1. The highest BCUT2D eigenvalue weighted by Gasteiger charge is 2.18. The molecule has 0 spiro atoms. The quantitative estimate of drug-likeness (QED) is 0.889. The average molecular weight is 259 g/mol. The number of carboxylic acid groups (broad SMARTS) is 1. The first-order chi connectivity index (χ1) is 9.13. The molecule has 0 saturated carbocycles. The maximum absolute atomic E-state index is 10.9. The number of hydrogen-bond donors (Lipinski definition) is 1. The van der Waals surface area contributed by atoms with Crippen molar-refractivity contribution in [2.75, 3.05) is 0 Å². The second-order valence-corrected chi connectivity index (χ2v) is 4.59. The Kier molecular flexibility index (Phi) is 4.00. The number of hydrogen-bond acceptors (Lipinski definition) is 3. The first kappa shape index (κ1) is 13.3. The number of carbonyl (C=O) groups is 1. The number of unbranched alkanes of at least 4 members (excludes halogenated alkanes) is 1. The van der Waals surface area contributed by atoms with Crippen molar-refractivity contribution in [3.05, 3.63) is 41.1 Å². The van der Waals surface area contributed by atoms with Gasteiger partial charge in [-0.25, -0.2) is 4.79 Å². The molecule has 0 fully saturated rings. The van der Waals surface area contributed by atoms with E-state index < -0.39 is 5.97 Å². The average Bonchev–Trinajstić information content (AvgIpc) is 2.79. The van der Waals surface area contributed by atoms with E-state index >= 15 is 0 Å². The van der Waals surface area contributed by atoms with E-state index in [4.69, 9.17) is 9.63 Å². The Balaban J connectivity index is 2.25. The summed E-state index contributed by atoms with van der Waals surface area (Å²) in [5.74, 6) is -0.536. The van der Waals surface area contributed by atoms with E-state index in [1.165, 1.54) is 18.4 Å². The van der Waals surface area contributed by atoms with Crippen LogP contribution in [0.2, 0.25) is 0 Å². The van der Waals surface area contributed by atoms with Gasteiger partial charge in [0.15, 0.2) is 11.5 Å². The molecule has 0 radical (unpaired) electrons. The van der Waals surface area contributed by atoms with Crippen LogP contribution in [0.15, 0.2) is 28.8 Å². The number of nitrogens with zero attached hydrogens (tertiary/aromatic N) is 1. The second kappa shape index (κ2) is 5.69. The molecule has 0 aliphatic rings. The lowest BCUT2D eigenvalue weighted by Crippen LogP contribution is -1.98. The third-order valence-electron chi connectivity index (χ3n) is 3.16. The summed E-state index contributed by atoms with van der Waals surface area (Å²) in [4.78, 5) is 10.9. The molecule has 0 aliphatic heterocycles. The first-order valence-electron chi connectivity index (χ1n) is 6.42. The summed E-state index contributed by atoms with van der Waals surface area (Å²) in [6.45, 7) is 3.87. The van der Waals surface area contributed by atoms with E-state index in [9.17, 15) is 4.79 Å². The van der Waals surface area contributed by atoms with E-state index in [-0.39, 0.29) is 5.69 Å². The van der Waals surface area contributed by atoms with E-state index in [1.54, 1.807) is 6.92 Å². The summed E-state index contributed by atoms with van der Waals surface area (Å²) in [6.07, 6.45) is 3.40. The van der Waals surface area contributed by atoms with Crippen molar-refractivity contribution in [3.8, 4) is 11.3 Å². The molecule has 4 heteroatoms. The van der Waals surface area contributed by atoms with Crippen LogP contribution in [-0.2, 0) is 6.42 Å². The van der Waals surface area contributed by atoms with Gasteiger partial charge in [-0.15, -0.1) is 0 Å². The van der Waals surface area contributed by atoms with E-state index in [0.717, 1.165) is 12.0 Å². The molecule has 1 heterocycles. The molecule has 2 rings (SSSR count). The van der Waals surface area contributed by atoms with Crippen molar-refractivity contribution in [2.45, 2.75) is 33.1 Å². The van der Waals surface area contributed by atoms with E-state index in [2.05, 4.69) is 12.1 Å². The minimum absolute atomic E-state index is 0.0231. The highest BCUT2D eigenvalue weighted by Crippen LogP contribution is 2.26. The van der Waals surface area contributed by atoms with E-state index in [1.807, 2.05) is 24.3 Å². The summed E-state index contributed by atoms with van der Waals surface area (Å²) >= 11 is 0. The van der Waals surface area contributed by atoms with Crippen LogP contribution in [0, 0.1) is 6.92 Å². The largest absolute Gasteiger partial charge is 0.476 e. The van der Waals surface area contributed by atoms with Gasteiger partial charge in [-0.05, 0) is 25.3 Å². The Bertz CT molecular complexity index is 570. The topological polar surface area (TPSA) is 63.3 Å². The summed E-state index contributed by atoms with van der Waals surface area (Å²) in [5, 5.41) is 12.5. The molecular formula is C15H17NO3. The Hall–Kier alpha value is -2.10. The highest BCUT2D eigenvalue weighted by atomic mass is 16.5. The Morgan fingerprint density at radius 1 is 1.32 bits per heavy atom. The molecule has 1 aromatic heterocycles. The van der Waals surface area contributed by atoms with Gasteiger partial charge in [0.05, 0.1) is 0 Å². The van der Waals surface area contributed by atoms with Crippen LogP contribution < -0.4 is 0 Å². The number of aromatic carboxylic acids is 1. The van der Waals surface area contributed by atoms with Crippen molar-refractivity contribution in [2.24, 2.45) is 0 Å². The Morgan fingerprint density at radius 2 is 2.00 bits per heavy atom. The predicted molar refractivity (Wildman–Crippen MR) is 72.2 cm³/mol. The van der Waals surface area contributed by atoms with Crippen LogP contribution in [-0.4, -0.2) is 16.2 Å². The van der Waals surface area contributed by atoms with Crippen molar-refractivity contribution in [1.29, 1.82) is 0 Å². The maximum Gasteiger partial charge on any atom is 0.358 e. The maximum atomic E-state index is 10.9. The van der Waals surface area contributed by atoms with Crippen LogP contribution in [0.1, 0.15) is 41.4 Å². The van der Waals surface area contributed by atoms with Crippen LogP contribution in [0.25, 0.3) is 11.3 Å². The molecule has 0 unspecified atom stereocenters. The van der Waals surface area contributed by atoms with Crippen molar-refractivity contribution in [3.63, 3.8) is 0 Å². The molecule has 0 bridgehead atoms. The lowest BCUT2D eigenvalue weighted by atomic mass is 10.0. The fourth-order valence-electron chi connectivity index (χ4n) is 2.01. The molecule has 4 nitrogen and oxygen atoms in total. The van der Waals surface area contributed by atoms with Crippen LogP contribution in [0.5, 0.6) is 0 Å². The molecule has 2 aromatic rings. The van der Waals surface area contributed by atoms with Gasteiger partial charge >= 0.3 is 5.97 Å². The minimum Gasteiger partial charge on any atom is -0.476 e. The summed E-state index contributed by atoms with van der Waals surface area (Å²) in [7, 11) is 0. The number of aromatic nitrogens is 1. The third kappa shape index (κ3) is 2.84. The van der Waals surface area contributed by atoms with Crippen LogP contribution in [0.4, 0.5) is 0 Å². The molecule has 100 valence electrons. The fraction of sp³-hybridized carbons (Fsp3) is 0.333. The molecule has 19 heavy (non-hydrogen) atoms. The van der Waals surface area contributed by atoms with Crippen molar-refractivity contribution < 1.29 is 14.4 Å². The second-order valence-electron chi connectivity index (χ2n) is 4.59.